The van der Waals surface area contributed by atoms with Gasteiger partial charge in [-0.15, -0.1) is 0 Å². The van der Waals surface area contributed by atoms with Gasteiger partial charge in [0.1, 0.15) is 6.61 Å². The van der Waals surface area contributed by atoms with E-state index in [-0.39, 0.29) is 30.1 Å². The van der Waals surface area contributed by atoms with Crippen molar-refractivity contribution in [2.24, 2.45) is 0 Å². The second-order valence-corrected chi connectivity index (χ2v) is 7.81. The number of hydrogen-bond acceptors (Lipinski definition) is 6. The van der Waals surface area contributed by atoms with Crippen LogP contribution in [0.1, 0.15) is 28.9 Å². The lowest BCUT2D eigenvalue weighted by molar-refractivity contribution is -0.137. The van der Waals surface area contributed by atoms with Crippen LogP contribution in [0.25, 0.3) is 16.9 Å². The Bertz CT molecular complexity index is 1310. The molecule has 0 bridgehead atoms. The van der Waals surface area contributed by atoms with E-state index in [1.165, 1.54) is 6.07 Å². The Hall–Kier alpha value is -4.02. The number of carbonyl (C=O) groups is 1. The van der Waals surface area contributed by atoms with Crippen LogP contribution in [0.15, 0.2) is 61.2 Å². The number of carbonyl (C=O) groups excluding carboxylic acids is 1. The molecule has 4 aromatic heterocycles. The Morgan fingerprint density at radius 1 is 1.09 bits per heavy atom. The van der Waals surface area contributed by atoms with E-state index in [0.29, 0.717) is 29.9 Å². The van der Waals surface area contributed by atoms with Crippen LogP contribution in [0.2, 0.25) is 0 Å². The van der Waals surface area contributed by atoms with Crippen LogP contribution in [0.4, 0.5) is 13.2 Å². The number of likely N-dealkylation sites (tertiary alicyclic amines) is 1. The zero-order chi connectivity index (χ0) is 23.7. The van der Waals surface area contributed by atoms with Crippen LogP contribution < -0.4 is 4.74 Å². The Kier molecular flexibility index (Phi) is 5.60. The summed E-state index contributed by atoms with van der Waals surface area (Å²) in [7, 11) is 0. The molecular weight excluding hydrogens is 449 g/mol. The van der Waals surface area contributed by atoms with Gasteiger partial charge >= 0.3 is 6.18 Å². The summed E-state index contributed by atoms with van der Waals surface area (Å²) >= 11 is 0. The molecule has 0 unspecified atom stereocenters. The van der Waals surface area contributed by atoms with Crippen molar-refractivity contribution in [3.63, 3.8) is 0 Å². The zero-order valence-corrected chi connectivity index (χ0v) is 17.8. The highest BCUT2D eigenvalue weighted by molar-refractivity contribution is 6.02. The molecule has 0 aliphatic carbocycles. The number of amides is 1. The van der Waals surface area contributed by atoms with Gasteiger partial charge in [0.15, 0.2) is 11.3 Å². The van der Waals surface area contributed by atoms with Crippen molar-refractivity contribution in [3.8, 4) is 17.1 Å². The first-order valence-electron chi connectivity index (χ1n) is 10.6. The number of alkyl halides is 3. The van der Waals surface area contributed by atoms with E-state index in [9.17, 15) is 18.0 Å². The minimum Gasteiger partial charge on any atom is -0.475 e. The Balaban J connectivity index is 1.38. The van der Waals surface area contributed by atoms with Gasteiger partial charge in [-0.1, -0.05) is 6.07 Å². The molecule has 0 spiro atoms. The standard InChI is InChI=1S/C23H19F3N6O2/c24-23(25,26)15-7-8-18(29-13-15)34-14-16-5-3-11-31(16)22(33)20-19(17-6-1-2-9-27-17)21-28-10-4-12-32(21)30-20/h1-2,4,6-10,12-13,16H,3,5,11,14H2/t16-/m0/s1. The molecule has 34 heavy (non-hydrogen) atoms. The van der Waals surface area contributed by atoms with Crippen LogP contribution in [-0.4, -0.2) is 54.6 Å². The molecule has 5 heterocycles. The molecule has 174 valence electrons. The number of aromatic nitrogens is 5. The topological polar surface area (TPSA) is 85.5 Å². The molecule has 1 aliphatic heterocycles. The summed E-state index contributed by atoms with van der Waals surface area (Å²) in [5.41, 5.74) is 1.03. The van der Waals surface area contributed by atoms with Crippen molar-refractivity contribution < 1.29 is 22.7 Å². The summed E-state index contributed by atoms with van der Waals surface area (Å²) in [5.74, 6) is -0.212. The van der Waals surface area contributed by atoms with Crippen LogP contribution in [-0.2, 0) is 6.18 Å². The van der Waals surface area contributed by atoms with Gasteiger partial charge in [-0.2, -0.15) is 18.3 Å². The lowest BCUT2D eigenvalue weighted by Gasteiger charge is -2.24. The number of halogens is 3. The largest absolute Gasteiger partial charge is 0.475 e. The van der Waals surface area contributed by atoms with Crippen LogP contribution in [0, 0.1) is 0 Å². The van der Waals surface area contributed by atoms with Gasteiger partial charge in [0.25, 0.3) is 5.91 Å². The molecule has 1 aliphatic rings. The van der Waals surface area contributed by atoms with E-state index in [1.807, 2.05) is 6.07 Å². The fraction of sp³-hybridized carbons (Fsp3) is 0.261. The SMILES string of the molecule is O=C(c1nn2cccnc2c1-c1ccccn1)N1CCC[C@H]1COc1ccc(C(F)(F)F)cn1. The lowest BCUT2D eigenvalue weighted by Crippen LogP contribution is -2.39. The van der Waals surface area contributed by atoms with Gasteiger partial charge in [0, 0.05) is 37.4 Å². The maximum atomic E-state index is 13.6. The first kappa shape index (κ1) is 21.8. The lowest BCUT2D eigenvalue weighted by atomic mass is 10.1. The summed E-state index contributed by atoms with van der Waals surface area (Å²) in [6, 6.07) is 8.95. The third kappa shape index (κ3) is 4.16. The number of hydrogen-bond donors (Lipinski definition) is 0. The Morgan fingerprint density at radius 2 is 1.94 bits per heavy atom. The van der Waals surface area contributed by atoms with Gasteiger partial charge in [0.05, 0.1) is 22.9 Å². The fourth-order valence-corrected chi connectivity index (χ4v) is 4.01. The minimum atomic E-state index is -4.46. The second-order valence-electron chi connectivity index (χ2n) is 7.81. The predicted octanol–water partition coefficient (Wildman–Crippen LogP) is 3.89. The van der Waals surface area contributed by atoms with E-state index < -0.39 is 11.7 Å². The monoisotopic (exact) mass is 468 g/mol. The molecule has 5 rings (SSSR count). The molecule has 11 heteroatoms. The number of ether oxygens (including phenoxy) is 1. The summed E-state index contributed by atoms with van der Waals surface area (Å²) < 4.78 is 45.4. The first-order valence-corrected chi connectivity index (χ1v) is 10.6. The summed E-state index contributed by atoms with van der Waals surface area (Å²) in [4.78, 5) is 27.8. The van der Waals surface area contributed by atoms with E-state index in [0.717, 1.165) is 18.7 Å². The first-order chi connectivity index (χ1) is 16.4. The highest BCUT2D eigenvalue weighted by atomic mass is 19.4. The Labute approximate surface area is 192 Å². The predicted molar refractivity (Wildman–Crippen MR) is 115 cm³/mol. The smallest absolute Gasteiger partial charge is 0.417 e. The molecule has 8 nitrogen and oxygen atoms in total. The highest BCUT2D eigenvalue weighted by Crippen LogP contribution is 2.31. The highest BCUT2D eigenvalue weighted by Gasteiger charge is 2.34. The molecule has 1 atom stereocenters. The van der Waals surface area contributed by atoms with Crippen molar-refractivity contribution >= 4 is 11.6 Å². The molecule has 0 saturated carbocycles. The summed E-state index contributed by atoms with van der Waals surface area (Å²) in [5, 5.41) is 4.48. The van der Waals surface area contributed by atoms with Crippen molar-refractivity contribution in [2.45, 2.75) is 25.1 Å². The molecule has 1 fully saturated rings. The maximum absolute atomic E-state index is 13.6. The molecule has 0 aromatic carbocycles. The number of nitrogens with zero attached hydrogens (tertiary/aromatic N) is 6. The molecule has 1 saturated heterocycles. The van der Waals surface area contributed by atoms with Crippen LogP contribution >= 0.6 is 0 Å². The van der Waals surface area contributed by atoms with E-state index in [2.05, 4.69) is 20.1 Å². The Morgan fingerprint density at radius 3 is 2.68 bits per heavy atom. The van der Waals surface area contributed by atoms with Gasteiger partial charge in [-0.3, -0.25) is 9.78 Å². The van der Waals surface area contributed by atoms with Crippen molar-refractivity contribution in [2.75, 3.05) is 13.2 Å². The zero-order valence-electron chi connectivity index (χ0n) is 17.8. The van der Waals surface area contributed by atoms with Gasteiger partial charge in [0.2, 0.25) is 5.88 Å². The normalized spacial score (nSPS) is 16.2. The van der Waals surface area contributed by atoms with Crippen molar-refractivity contribution in [1.29, 1.82) is 0 Å². The number of fused-ring (bicyclic) bond motifs is 1. The van der Waals surface area contributed by atoms with Crippen molar-refractivity contribution in [1.82, 2.24) is 29.5 Å². The van der Waals surface area contributed by atoms with Crippen molar-refractivity contribution in [3.05, 3.63) is 72.4 Å². The fourth-order valence-electron chi connectivity index (χ4n) is 4.01. The average molecular weight is 468 g/mol. The van der Waals surface area contributed by atoms with Crippen LogP contribution in [0.3, 0.4) is 0 Å². The van der Waals surface area contributed by atoms with Gasteiger partial charge < -0.3 is 9.64 Å². The third-order valence-corrected chi connectivity index (χ3v) is 5.64. The molecule has 0 N–H and O–H groups in total. The molecule has 1 amide bonds. The second kappa shape index (κ2) is 8.73. The summed E-state index contributed by atoms with van der Waals surface area (Å²) in [6.07, 6.45) is 2.71. The van der Waals surface area contributed by atoms with Gasteiger partial charge in [-0.25, -0.2) is 14.5 Å². The number of rotatable bonds is 5. The van der Waals surface area contributed by atoms with Gasteiger partial charge in [-0.05, 0) is 37.1 Å². The number of pyridine rings is 2. The van der Waals surface area contributed by atoms with Crippen LogP contribution in [0.5, 0.6) is 5.88 Å². The molecule has 4 aromatic rings. The van der Waals surface area contributed by atoms with E-state index >= 15 is 0 Å². The minimum absolute atomic E-state index is 0.0680. The third-order valence-electron chi connectivity index (χ3n) is 5.64. The van der Waals surface area contributed by atoms with E-state index in [4.69, 9.17) is 4.74 Å². The quantitative estimate of drug-likeness (QED) is 0.442. The average Bonchev–Trinajstić information content (AvgIpc) is 3.47. The molecule has 0 radical (unpaired) electrons. The summed E-state index contributed by atoms with van der Waals surface area (Å²) in [6.45, 7) is 0.616. The molecular formula is C23H19F3N6O2. The maximum Gasteiger partial charge on any atom is 0.417 e. The van der Waals surface area contributed by atoms with E-state index in [1.54, 1.807) is 46.2 Å².